The molecule has 0 unspecified atom stereocenters. The maximum atomic E-state index is 5.62. The van der Waals surface area contributed by atoms with Gasteiger partial charge in [-0.25, -0.2) is 14.6 Å². The van der Waals surface area contributed by atoms with Gasteiger partial charge in [-0.3, -0.25) is 0 Å². The molecule has 0 saturated carbocycles. The largest absolute Gasteiger partial charge is 0.380 e. The minimum atomic E-state index is 0.191. The molecule has 0 aromatic carbocycles. The smallest absolute Gasteiger partial charge is 0.245 e. The van der Waals surface area contributed by atoms with E-state index >= 15 is 0 Å². The fourth-order valence-electron chi connectivity index (χ4n) is 0.907. The van der Waals surface area contributed by atoms with E-state index in [0.717, 1.165) is 0 Å². The van der Waals surface area contributed by atoms with Crippen LogP contribution in [0.2, 0.25) is 0 Å². The quantitative estimate of drug-likeness (QED) is 0.537. The summed E-state index contributed by atoms with van der Waals surface area (Å²) in [5.74, 6) is 0.489. The highest BCUT2D eigenvalue weighted by molar-refractivity contribution is 5.73. The normalized spacial score (nSPS) is 11.3. The molecule has 0 aliphatic rings. The van der Waals surface area contributed by atoms with Crippen LogP contribution < -0.4 is 5.73 Å². The number of fused-ring (bicyclic) bond motifs is 1. The molecule has 0 atom stereocenters. The van der Waals surface area contributed by atoms with E-state index in [1.54, 1.807) is 11.2 Å². The third-order valence-corrected chi connectivity index (χ3v) is 1.53. The summed E-state index contributed by atoms with van der Waals surface area (Å²) in [6, 6.07) is 0. The van der Waals surface area contributed by atoms with Crippen LogP contribution in [-0.4, -0.2) is 45.6 Å². The van der Waals surface area contributed by atoms with Crippen molar-refractivity contribution in [3.8, 4) is 0 Å². The summed E-state index contributed by atoms with van der Waals surface area (Å²) in [5.41, 5.74) is 6.18. The minimum absolute atomic E-state index is 0.191. The lowest BCUT2D eigenvalue weighted by Gasteiger charge is -2.02. The highest BCUT2D eigenvalue weighted by atomic mass is 16.6. The second kappa shape index (κ2) is 3.48. The lowest BCUT2D eigenvalue weighted by atomic mass is 10.5. The van der Waals surface area contributed by atoms with Gasteiger partial charge >= 0.3 is 0 Å². The van der Waals surface area contributed by atoms with Gasteiger partial charge in [0.2, 0.25) is 11.3 Å². The third-order valence-electron chi connectivity index (χ3n) is 1.53. The van der Waals surface area contributed by atoms with Gasteiger partial charge in [-0.2, -0.15) is 4.98 Å². The van der Waals surface area contributed by atoms with Gasteiger partial charge in [0.15, 0.2) is 11.6 Å². The number of nitrogens with zero attached hydrogens (tertiary/aromatic N) is 6. The van der Waals surface area contributed by atoms with E-state index in [-0.39, 0.29) is 17.1 Å². The molecule has 15 heavy (non-hydrogen) atoms. The van der Waals surface area contributed by atoms with Crippen molar-refractivity contribution < 1.29 is 4.63 Å². The molecule has 78 valence electrons. The molecule has 0 amide bonds. The summed E-state index contributed by atoms with van der Waals surface area (Å²) >= 11 is 0. The number of aromatic nitrogens is 4. The van der Waals surface area contributed by atoms with Crippen molar-refractivity contribution >= 4 is 29.3 Å². The molecule has 8 heteroatoms. The van der Waals surface area contributed by atoms with E-state index in [0.29, 0.717) is 5.82 Å². The SMILES string of the molecule is CN(C)C=Nc1nc2nonc2nc1N. The van der Waals surface area contributed by atoms with Crippen LogP contribution in [-0.2, 0) is 0 Å². The van der Waals surface area contributed by atoms with Gasteiger partial charge in [0, 0.05) is 14.1 Å². The van der Waals surface area contributed by atoms with Crippen molar-refractivity contribution in [3.63, 3.8) is 0 Å². The molecular formula is C7H9N7O. The molecule has 2 heterocycles. The van der Waals surface area contributed by atoms with Crippen LogP contribution in [0.1, 0.15) is 0 Å². The van der Waals surface area contributed by atoms with Crippen molar-refractivity contribution in [2.75, 3.05) is 19.8 Å². The van der Waals surface area contributed by atoms with Crippen LogP contribution in [0, 0.1) is 0 Å². The Balaban J connectivity index is 2.46. The predicted octanol–water partition coefficient (Wildman–Crippen LogP) is -0.184. The molecule has 0 saturated heterocycles. The van der Waals surface area contributed by atoms with Gasteiger partial charge in [0.05, 0.1) is 6.34 Å². The van der Waals surface area contributed by atoms with E-state index in [2.05, 4.69) is 29.9 Å². The molecule has 0 aliphatic carbocycles. The topological polar surface area (TPSA) is 106 Å². The molecule has 0 fully saturated rings. The highest BCUT2D eigenvalue weighted by Gasteiger charge is 2.08. The van der Waals surface area contributed by atoms with Crippen molar-refractivity contribution in [2.45, 2.75) is 0 Å². The third kappa shape index (κ3) is 1.82. The van der Waals surface area contributed by atoms with Gasteiger partial charge in [0.1, 0.15) is 0 Å². The van der Waals surface area contributed by atoms with Crippen LogP contribution in [0.3, 0.4) is 0 Å². The lowest BCUT2D eigenvalue weighted by molar-refractivity contribution is 0.314. The Morgan fingerprint density at radius 3 is 2.60 bits per heavy atom. The van der Waals surface area contributed by atoms with E-state index in [1.807, 2.05) is 14.1 Å². The van der Waals surface area contributed by atoms with Crippen LogP contribution >= 0.6 is 0 Å². The Morgan fingerprint density at radius 2 is 1.93 bits per heavy atom. The Bertz CT molecular complexity index is 503. The predicted molar refractivity (Wildman–Crippen MR) is 53.6 cm³/mol. The monoisotopic (exact) mass is 207 g/mol. The zero-order valence-corrected chi connectivity index (χ0v) is 8.25. The zero-order chi connectivity index (χ0) is 10.8. The standard InChI is InChI=1S/C7H9N7O/c1-14(2)3-9-5-4(8)10-6-7(11-5)13-15-12-6/h3H,1-2H3,(H2,8,10,12). The average Bonchev–Trinajstić information content (AvgIpc) is 2.60. The Morgan fingerprint density at radius 1 is 1.27 bits per heavy atom. The lowest BCUT2D eigenvalue weighted by Crippen LogP contribution is -2.07. The summed E-state index contributed by atoms with van der Waals surface area (Å²) in [5, 5.41) is 7.06. The Hall–Kier alpha value is -2.25. The fraction of sp³-hybridized carbons (Fsp3) is 0.286. The molecule has 0 radical (unpaired) electrons. The second-order valence-corrected chi connectivity index (χ2v) is 3.05. The van der Waals surface area contributed by atoms with Crippen LogP contribution in [0.5, 0.6) is 0 Å². The number of rotatable bonds is 2. The second-order valence-electron chi connectivity index (χ2n) is 3.05. The minimum Gasteiger partial charge on any atom is -0.380 e. The van der Waals surface area contributed by atoms with Crippen LogP contribution in [0.4, 0.5) is 11.6 Å². The van der Waals surface area contributed by atoms with Gasteiger partial charge < -0.3 is 10.6 Å². The maximum absolute atomic E-state index is 5.62. The van der Waals surface area contributed by atoms with E-state index in [1.165, 1.54) is 0 Å². The molecule has 8 nitrogen and oxygen atoms in total. The molecule has 2 aromatic heterocycles. The molecule has 0 aliphatic heterocycles. The van der Waals surface area contributed by atoms with Crippen molar-refractivity contribution in [1.29, 1.82) is 0 Å². The zero-order valence-electron chi connectivity index (χ0n) is 8.25. The fourth-order valence-corrected chi connectivity index (χ4v) is 0.907. The first-order valence-electron chi connectivity index (χ1n) is 4.13. The number of nitrogens with two attached hydrogens (primary N) is 1. The molecule has 2 aromatic rings. The molecule has 0 bridgehead atoms. The van der Waals surface area contributed by atoms with Crippen molar-refractivity contribution in [2.24, 2.45) is 4.99 Å². The first kappa shape index (κ1) is 9.31. The summed E-state index contributed by atoms with van der Waals surface area (Å²) < 4.78 is 4.46. The summed E-state index contributed by atoms with van der Waals surface area (Å²) in [6.45, 7) is 0. The molecule has 0 spiro atoms. The number of hydrogen-bond acceptors (Lipinski definition) is 7. The molecular weight excluding hydrogens is 198 g/mol. The van der Waals surface area contributed by atoms with E-state index < -0.39 is 0 Å². The van der Waals surface area contributed by atoms with Crippen molar-refractivity contribution in [3.05, 3.63) is 0 Å². The van der Waals surface area contributed by atoms with Gasteiger partial charge in [-0.05, 0) is 10.3 Å². The number of nitrogen functional groups attached to an aromatic ring is 1. The van der Waals surface area contributed by atoms with Crippen LogP contribution in [0.15, 0.2) is 9.62 Å². The van der Waals surface area contributed by atoms with Crippen molar-refractivity contribution in [1.82, 2.24) is 25.2 Å². The van der Waals surface area contributed by atoms with Crippen LogP contribution in [0.25, 0.3) is 11.3 Å². The first-order chi connectivity index (χ1) is 7.16. The summed E-state index contributed by atoms with van der Waals surface area (Å²) in [4.78, 5) is 13.7. The Labute approximate surface area is 84.8 Å². The summed E-state index contributed by atoms with van der Waals surface area (Å²) in [6.07, 6.45) is 1.57. The molecule has 2 rings (SSSR count). The maximum Gasteiger partial charge on any atom is 0.245 e. The number of hydrogen-bond donors (Lipinski definition) is 1. The molecule has 2 N–H and O–H groups in total. The van der Waals surface area contributed by atoms with E-state index in [4.69, 9.17) is 5.73 Å². The average molecular weight is 207 g/mol. The van der Waals surface area contributed by atoms with Gasteiger partial charge in [0.25, 0.3) is 0 Å². The number of anilines is 1. The first-order valence-corrected chi connectivity index (χ1v) is 4.13. The van der Waals surface area contributed by atoms with Gasteiger partial charge in [-0.1, -0.05) is 0 Å². The van der Waals surface area contributed by atoms with E-state index in [9.17, 15) is 0 Å². The number of aliphatic imine (C=N–C) groups is 1. The Kier molecular flexibility index (Phi) is 2.16. The highest BCUT2D eigenvalue weighted by Crippen LogP contribution is 2.18. The van der Waals surface area contributed by atoms with Gasteiger partial charge in [-0.15, -0.1) is 0 Å². The summed E-state index contributed by atoms with van der Waals surface area (Å²) in [7, 11) is 3.67.